The summed E-state index contributed by atoms with van der Waals surface area (Å²) in [5, 5.41) is 11.9. The van der Waals surface area contributed by atoms with Crippen LogP contribution >= 0.6 is 0 Å². The summed E-state index contributed by atoms with van der Waals surface area (Å²) in [5.41, 5.74) is 1.58. The molecule has 0 bridgehead atoms. The van der Waals surface area contributed by atoms with Crippen molar-refractivity contribution >= 4 is 21.9 Å². The fraction of sp³-hybridized carbons (Fsp3) is 0.231. The van der Waals surface area contributed by atoms with Crippen molar-refractivity contribution in [2.45, 2.75) is 45.0 Å². The Kier molecular flexibility index (Phi) is 9.24. The van der Waals surface area contributed by atoms with Crippen LogP contribution in [0.1, 0.15) is 27.2 Å². The number of fused-ring (bicyclic) bond motifs is 2. The lowest BCUT2D eigenvalue weighted by atomic mass is 10.0. The Morgan fingerprint density at radius 1 is 0.660 bits per heavy atom. The quantitative estimate of drug-likeness (QED) is 0.137. The van der Waals surface area contributed by atoms with Gasteiger partial charge in [-0.2, -0.15) is 0 Å². The summed E-state index contributed by atoms with van der Waals surface area (Å²) in [6.07, 6.45) is -0.429. The van der Waals surface area contributed by atoms with Gasteiger partial charge < -0.3 is 28.2 Å². The van der Waals surface area contributed by atoms with Crippen LogP contribution in [0.25, 0.3) is 44.2 Å². The molecule has 240 valence electrons. The molecule has 0 fully saturated rings. The molecule has 0 saturated carbocycles. The Hall–Kier alpha value is -5.18. The molecule has 4 aromatic carbocycles. The van der Waals surface area contributed by atoms with Gasteiger partial charge in [-0.3, -0.25) is 0 Å². The number of hydrogen-bond acceptors (Lipinski definition) is 8. The highest BCUT2D eigenvalue weighted by molar-refractivity contribution is 5.83. The SMILES string of the molecule is CC(CC(C)(C)O)OC(COc1ccc2cc(-c3ccccc3)c(=O)oc2c1)COc1ccc2cc(-c3ccccc3)c(=O)oc2c1. The minimum Gasteiger partial charge on any atom is -0.491 e. The number of ether oxygens (including phenoxy) is 3. The molecule has 1 unspecified atom stereocenters. The Balaban J connectivity index is 1.18. The molecule has 0 aliphatic carbocycles. The highest BCUT2D eigenvalue weighted by Gasteiger charge is 2.22. The van der Waals surface area contributed by atoms with E-state index >= 15 is 0 Å². The van der Waals surface area contributed by atoms with Crippen LogP contribution in [0.3, 0.4) is 0 Å². The van der Waals surface area contributed by atoms with Crippen molar-refractivity contribution in [3.05, 3.63) is 130 Å². The second-order valence-electron chi connectivity index (χ2n) is 12.2. The third kappa shape index (κ3) is 7.98. The third-order valence-corrected chi connectivity index (χ3v) is 7.67. The maximum absolute atomic E-state index is 12.8. The molecule has 8 heteroatoms. The molecule has 0 amide bonds. The van der Waals surface area contributed by atoms with Crippen molar-refractivity contribution < 1.29 is 28.2 Å². The molecule has 6 aromatic rings. The summed E-state index contributed by atoms with van der Waals surface area (Å²) >= 11 is 0. The molecular weight excluding hydrogens is 596 g/mol. The lowest BCUT2D eigenvalue weighted by Gasteiger charge is -2.27. The first kappa shape index (κ1) is 31.8. The average molecular weight is 633 g/mol. The van der Waals surface area contributed by atoms with Gasteiger partial charge in [0.15, 0.2) is 0 Å². The molecule has 0 saturated heterocycles. The van der Waals surface area contributed by atoms with Crippen molar-refractivity contribution in [2.24, 2.45) is 0 Å². The molecule has 0 radical (unpaired) electrons. The van der Waals surface area contributed by atoms with Gasteiger partial charge in [-0.1, -0.05) is 60.7 Å². The summed E-state index contributed by atoms with van der Waals surface area (Å²) in [7, 11) is 0. The molecular formula is C39H36O8. The fourth-order valence-electron chi connectivity index (χ4n) is 5.59. The van der Waals surface area contributed by atoms with Crippen LogP contribution in [0.2, 0.25) is 0 Å². The summed E-state index contributed by atoms with van der Waals surface area (Å²) in [6, 6.07) is 33.0. The first-order chi connectivity index (χ1) is 22.6. The Morgan fingerprint density at radius 2 is 1.11 bits per heavy atom. The monoisotopic (exact) mass is 632 g/mol. The van der Waals surface area contributed by atoms with Crippen LogP contribution in [0, 0.1) is 0 Å². The zero-order chi connectivity index (χ0) is 33.0. The van der Waals surface area contributed by atoms with Gasteiger partial charge in [-0.15, -0.1) is 0 Å². The van der Waals surface area contributed by atoms with E-state index in [1.807, 2.05) is 104 Å². The first-order valence-electron chi connectivity index (χ1n) is 15.5. The second-order valence-corrected chi connectivity index (χ2v) is 12.2. The van der Waals surface area contributed by atoms with E-state index in [0.717, 1.165) is 21.9 Å². The van der Waals surface area contributed by atoms with Gasteiger partial charge in [-0.25, -0.2) is 9.59 Å². The van der Waals surface area contributed by atoms with E-state index in [1.165, 1.54) is 0 Å². The highest BCUT2D eigenvalue weighted by Crippen LogP contribution is 2.27. The normalized spacial score (nSPS) is 12.4. The Labute approximate surface area is 271 Å². The van der Waals surface area contributed by atoms with Crippen LogP contribution in [-0.2, 0) is 4.74 Å². The largest absolute Gasteiger partial charge is 0.491 e. The zero-order valence-electron chi connectivity index (χ0n) is 26.5. The number of benzene rings is 4. The lowest BCUT2D eigenvalue weighted by molar-refractivity contribution is -0.0748. The Morgan fingerprint density at radius 3 is 1.53 bits per heavy atom. The van der Waals surface area contributed by atoms with E-state index < -0.39 is 23.0 Å². The fourth-order valence-corrected chi connectivity index (χ4v) is 5.59. The van der Waals surface area contributed by atoms with Crippen molar-refractivity contribution in [2.75, 3.05) is 13.2 Å². The van der Waals surface area contributed by atoms with Crippen LogP contribution in [0.15, 0.2) is 128 Å². The van der Waals surface area contributed by atoms with Gasteiger partial charge in [0.1, 0.15) is 42.0 Å². The third-order valence-electron chi connectivity index (χ3n) is 7.67. The minimum atomic E-state index is -0.922. The van der Waals surface area contributed by atoms with E-state index in [9.17, 15) is 14.7 Å². The van der Waals surface area contributed by atoms with Crippen LogP contribution < -0.4 is 20.7 Å². The number of hydrogen-bond donors (Lipinski definition) is 1. The molecule has 1 atom stereocenters. The maximum Gasteiger partial charge on any atom is 0.344 e. The van der Waals surface area contributed by atoms with E-state index in [0.29, 0.717) is 40.2 Å². The van der Waals surface area contributed by atoms with Crippen LogP contribution in [0.5, 0.6) is 11.5 Å². The molecule has 0 spiro atoms. The van der Waals surface area contributed by atoms with Crippen LogP contribution in [-0.4, -0.2) is 36.1 Å². The van der Waals surface area contributed by atoms with E-state index in [-0.39, 0.29) is 19.3 Å². The summed E-state index contributed by atoms with van der Waals surface area (Å²) in [5.74, 6) is 0.997. The summed E-state index contributed by atoms with van der Waals surface area (Å²) in [4.78, 5) is 25.5. The predicted molar refractivity (Wildman–Crippen MR) is 182 cm³/mol. The first-order valence-corrected chi connectivity index (χ1v) is 15.5. The standard InChI is InChI=1S/C39H36O8/c1-25(22-39(2,3)42)45-32(23-43-30-16-14-28-18-33(26-10-6-4-7-11-26)37(40)46-35(28)20-30)24-44-31-17-15-29-19-34(27-12-8-5-9-13-27)38(41)47-36(29)21-31/h4-21,25,32,42H,22-24H2,1-3H3. The van der Waals surface area contributed by atoms with Gasteiger partial charge in [-0.05, 0) is 68.3 Å². The summed E-state index contributed by atoms with van der Waals surface area (Å²) < 4.78 is 29.8. The van der Waals surface area contributed by atoms with Crippen molar-refractivity contribution in [3.8, 4) is 33.8 Å². The van der Waals surface area contributed by atoms with E-state index in [2.05, 4.69) is 0 Å². The second kappa shape index (κ2) is 13.7. The van der Waals surface area contributed by atoms with Gasteiger partial charge in [0.25, 0.3) is 0 Å². The van der Waals surface area contributed by atoms with Crippen molar-refractivity contribution in [1.29, 1.82) is 0 Å². The predicted octanol–water partition coefficient (Wildman–Crippen LogP) is 7.63. The topological polar surface area (TPSA) is 108 Å². The van der Waals surface area contributed by atoms with E-state index in [1.54, 1.807) is 26.0 Å². The molecule has 6 rings (SSSR count). The van der Waals surface area contributed by atoms with Crippen molar-refractivity contribution in [1.82, 2.24) is 0 Å². The molecule has 2 heterocycles. The zero-order valence-corrected chi connectivity index (χ0v) is 26.5. The molecule has 0 aliphatic heterocycles. The summed E-state index contributed by atoms with van der Waals surface area (Å²) in [6.45, 7) is 5.59. The Bertz CT molecular complexity index is 1950. The highest BCUT2D eigenvalue weighted by atomic mass is 16.6. The lowest BCUT2D eigenvalue weighted by Crippen LogP contribution is -2.35. The minimum absolute atomic E-state index is 0.122. The molecule has 0 aliphatic rings. The van der Waals surface area contributed by atoms with Crippen molar-refractivity contribution in [3.63, 3.8) is 0 Å². The van der Waals surface area contributed by atoms with Crippen LogP contribution in [0.4, 0.5) is 0 Å². The smallest absolute Gasteiger partial charge is 0.344 e. The number of aliphatic hydroxyl groups is 1. The average Bonchev–Trinajstić information content (AvgIpc) is 3.05. The van der Waals surface area contributed by atoms with Gasteiger partial charge in [0.2, 0.25) is 0 Å². The molecule has 47 heavy (non-hydrogen) atoms. The molecule has 8 nitrogen and oxygen atoms in total. The van der Waals surface area contributed by atoms with E-state index in [4.69, 9.17) is 23.0 Å². The molecule has 2 aromatic heterocycles. The van der Waals surface area contributed by atoms with Gasteiger partial charge >= 0.3 is 11.3 Å². The van der Waals surface area contributed by atoms with Gasteiger partial charge in [0, 0.05) is 29.3 Å². The maximum atomic E-state index is 12.8. The number of rotatable bonds is 12. The van der Waals surface area contributed by atoms with Gasteiger partial charge in [0.05, 0.1) is 22.8 Å². The molecule has 1 N–H and O–H groups in total.